The lowest BCUT2D eigenvalue weighted by Crippen LogP contribution is -2.10. The Morgan fingerprint density at radius 1 is 1.22 bits per heavy atom. The lowest BCUT2D eigenvalue weighted by Gasteiger charge is -2.05. The fourth-order valence-electron chi connectivity index (χ4n) is 2.15. The highest BCUT2D eigenvalue weighted by Crippen LogP contribution is 2.22. The number of carbonyl (C=O) groups excluding carboxylic acids is 1. The zero-order chi connectivity index (χ0) is 16.4. The highest BCUT2D eigenvalue weighted by molar-refractivity contribution is 6.03. The third-order valence-corrected chi connectivity index (χ3v) is 3.13. The van der Waals surface area contributed by atoms with Crippen LogP contribution in [0.4, 0.5) is 4.39 Å². The Labute approximate surface area is 129 Å². The van der Waals surface area contributed by atoms with Crippen molar-refractivity contribution < 1.29 is 18.3 Å². The molecule has 3 rings (SSSR count). The van der Waals surface area contributed by atoms with E-state index in [0.29, 0.717) is 0 Å². The molecule has 0 N–H and O–H groups in total. The predicted molar refractivity (Wildman–Crippen MR) is 79.9 cm³/mol. The quantitative estimate of drug-likeness (QED) is 0.538. The molecule has 0 saturated heterocycles. The van der Waals surface area contributed by atoms with Crippen molar-refractivity contribution in [2.24, 2.45) is 0 Å². The van der Waals surface area contributed by atoms with E-state index in [0.717, 1.165) is 0 Å². The molecule has 112 valence electrons. The van der Waals surface area contributed by atoms with Crippen LogP contribution in [0.2, 0.25) is 0 Å². The lowest BCUT2D eigenvalue weighted by atomic mass is 10.1. The fourth-order valence-corrected chi connectivity index (χ4v) is 2.15. The Hall–Kier alpha value is -3.46. The van der Waals surface area contributed by atoms with E-state index in [1.54, 1.807) is 12.2 Å². The average molecular weight is 309 g/mol. The maximum absolute atomic E-state index is 13.8. The van der Waals surface area contributed by atoms with Gasteiger partial charge in [0.2, 0.25) is 5.89 Å². The second-order valence-electron chi connectivity index (χ2n) is 4.49. The number of aromatic nitrogens is 1. The molecular formula is C17H8FNO4. The normalized spacial score (nSPS) is 10.3. The van der Waals surface area contributed by atoms with Gasteiger partial charge in [0.15, 0.2) is 0 Å². The minimum absolute atomic E-state index is 0.0445. The zero-order valence-corrected chi connectivity index (χ0v) is 11.6. The third kappa shape index (κ3) is 2.56. The van der Waals surface area contributed by atoms with Crippen LogP contribution in [0.15, 0.2) is 51.7 Å². The molecule has 0 aliphatic rings. The molecule has 0 amide bonds. The van der Waals surface area contributed by atoms with Gasteiger partial charge in [-0.05, 0) is 24.3 Å². The maximum atomic E-state index is 13.8. The monoisotopic (exact) mass is 309 g/mol. The molecule has 0 unspecified atom stereocenters. The van der Waals surface area contributed by atoms with Crippen molar-refractivity contribution in [2.75, 3.05) is 0 Å². The van der Waals surface area contributed by atoms with E-state index in [2.05, 4.69) is 9.72 Å². The van der Waals surface area contributed by atoms with Gasteiger partial charge < -0.3 is 9.15 Å². The highest BCUT2D eigenvalue weighted by Gasteiger charge is 2.18. The van der Waals surface area contributed by atoms with Gasteiger partial charge >= 0.3 is 11.6 Å². The number of ether oxygens (including phenoxy) is 1. The summed E-state index contributed by atoms with van der Waals surface area (Å²) < 4.78 is 23.3. The first-order chi connectivity index (χ1) is 11.1. The molecule has 0 radical (unpaired) electrons. The first-order valence-electron chi connectivity index (χ1n) is 6.47. The summed E-state index contributed by atoms with van der Waals surface area (Å²) in [5, 5.41) is -0.0761. The average Bonchev–Trinajstić information content (AvgIpc) is 2.54. The topological polar surface area (TPSA) is 69.4 Å². The second-order valence-corrected chi connectivity index (χ2v) is 4.49. The molecule has 23 heavy (non-hydrogen) atoms. The number of hydrogen-bond acceptors (Lipinski definition) is 5. The summed E-state index contributed by atoms with van der Waals surface area (Å²) in [6.07, 6.45) is 6.66. The molecule has 6 heteroatoms. The number of halogens is 1. The van der Waals surface area contributed by atoms with Crippen LogP contribution in [-0.2, 0) is 4.74 Å². The van der Waals surface area contributed by atoms with E-state index in [9.17, 15) is 14.0 Å². The number of esters is 1. The van der Waals surface area contributed by atoms with Crippen LogP contribution in [0.5, 0.6) is 0 Å². The Morgan fingerprint density at radius 2 is 2.00 bits per heavy atom. The molecule has 0 aliphatic heterocycles. The van der Waals surface area contributed by atoms with E-state index < -0.39 is 17.4 Å². The highest BCUT2D eigenvalue weighted by atomic mass is 19.1. The maximum Gasteiger partial charge on any atom is 0.353 e. The molecular weight excluding hydrogens is 301 g/mol. The molecule has 1 heterocycles. The van der Waals surface area contributed by atoms with E-state index >= 15 is 0 Å². The minimum Gasteiger partial charge on any atom is -0.403 e. The molecule has 0 atom stereocenters. The van der Waals surface area contributed by atoms with Gasteiger partial charge in [-0.25, -0.2) is 19.0 Å². The first-order valence-corrected chi connectivity index (χ1v) is 6.47. The van der Waals surface area contributed by atoms with Crippen LogP contribution in [0.1, 0.15) is 10.4 Å². The number of nitrogens with zero attached hydrogens (tertiary/aromatic N) is 1. The van der Waals surface area contributed by atoms with Crippen LogP contribution < -0.4 is 5.63 Å². The number of benzene rings is 2. The molecule has 1 aromatic heterocycles. The molecule has 3 aromatic rings. The van der Waals surface area contributed by atoms with E-state index in [1.165, 1.54) is 36.4 Å². The van der Waals surface area contributed by atoms with Crippen LogP contribution in [0, 0.1) is 18.3 Å². The number of fused-ring (bicyclic) bond motifs is 1. The van der Waals surface area contributed by atoms with E-state index in [4.69, 9.17) is 10.8 Å². The van der Waals surface area contributed by atoms with Gasteiger partial charge in [0, 0.05) is 0 Å². The predicted octanol–water partition coefficient (Wildman–Crippen LogP) is 2.74. The van der Waals surface area contributed by atoms with Gasteiger partial charge in [-0.1, -0.05) is 24.6 Å². The zero-order valence-electron chi connectivity index (χ0n) is 11.6. The first kappa shape index (κ1) is 14.5. The molecule has 0 fully saturated rings. The van der Waals surface area contributed by atoms with Crippen molar-refractivity contribution in [3.05, 3.63) is 64.3 Å². The summed E-state index contributed by atoms with van der Waals surface area (Å²) in [5.41, 5.74) is -0.686. The summed E-state index contributed by atoms with van der Waals surface area (Å²) in [6.45, 7) is 0. The van der Waals surface area contributed by atoms with Gasteiger partial charge in [0.05, 0.1) is 16.6 Å². The number of rotatable bonds is 2. The summed E-state index contributed by atoms with van der Waals surface area (Å²) in [6, 6.07) is 10.1. The Balaban J connectivity index is 2.26. The summed E-state index contributed by atoms with van der Waals surface area (Å²) in [7, 11) is 0. The molecule has 0 spiro atoms. The molecule has 0 saturated carbocycles. The second kappa shape index (κ2) is 5.73. The van der Waals surface area contributed by atoms with Crippen LogP contribution >= 0.6 is 0 Å². The Kier molecular flexibility index (Phi) is 3.61. The molecule has 5 nitrogen and oxygen atoms in total. The van der Waals surface area contributed by atoms with Crippen LogP contribution in [0.25, 0.3) is 22.4 Å². The minimum atomic E-state index is -0.870. The van der Waals surface area contributed by atoms with Crippen molar-refractivity contribution in [1.29, 1.82) is 0 Å². The van der Waals surface area contributed by atoms with Crippen molar-refractivity contribution >= 4 is 16.9 Å². The van der Waals surface area contributed by atoms with Crippen LogP contribution in [-0.4, -0.2) is 11.0 Å². The van der Waals surface area contributed by atoms with Gasteiger partial charge in [-0.2, -0.15) is 0 Å². The number of carbonyl (C=O) groups is 1. The summed E-state index contributed by atoms with van der Waals surface area (Å²) in [5.74, 6) is -1.63. The van der Waals surface area contributed by atoms with Gasteiger partial charge in [-0.15, -0.1) is 0 Å². The largest absolute Gasteiger partial charge is 0.403 e. The van der Waals surface area contributed by atoms with Crippen molar-refractivity contribution in [1.82, 2.24) is 4.98 Å². The van der Waals surface area contributed by atoms with Crippen molar-refractivity contribution in [2.45, 2.75) is 0 Å². The van der Waals surface area contributed by atoms with Crippen LogP contribution in [0.3, 0.4) is 0 Å². The van der Waals surface area contributed by atoms with Gasteiger partial charge in [0.1, 0.15) is 17.3 Å². The summed E-state index contributed by atoms with van der Waals surface area (Å²) >= 11 is 0. The van der Waals surface area contributed by atoms with Crippen molar-refractivity contribution in [3.63, 3.8) is 0 Å². The van der Waals surface area contributed by atoms with E-state index in [-0.39, 0.29) is 27.9 Å². The Bertz CT molecular complexity index is 1020. The Morgan fingerprint density at radius 3 is 2.74 bits per heavy atom. The number of hydrogen-bond donors (Lipinski definition) is 0. The molecule has 2 aromatic carbocycles. The third-order valence-electron chi connectivity index (χ3n) is 3.13. The SMILES string of the molecule is C#COC(=O)c1cccc2nc(-c3ccccc3F)oc(=O)c12. The van der Waals surface area contributed by atoms with Crippen molar-refractivity contribution in [3.8, 4) is 24.0 Å². The fraction of sp³-hybridized carbons (Fsp3) is 0. The van der Waals surface area contributed by atoms with Gasteiger partial charge in [-0.3, -0.25) is 0 Å². The standard InChI is InChI=1S/C17H8FNO4/c1-2-22-16(20)11-7-5-9-13-14(11)17(21)23-15(19-13)10-6-3-4-8-12(10)18/h1,3-9H. The lowest BCUT2D eigenvalue weighted by molar-refractivity contribution is 0.0693. The van der Waals surface area contributed by atoms with E-state index in [1.807, 2.05) is 0 Å². The number of terminal acetylenes is 1. The summed E-state index contributed by atoms with van der Waals surface area (Å²) in [4.78, 5) is 28.1. The molecule has 0 aliphatic carbocycles. The van der Waals surface area contributed by atoms with Gasteiger partial charge in [0.25, 0.3) is 0 Å². The molecule has 0 bridgehead atoms. The smallest absolute Gasteiger partial charge is 0.353 e.